The molecule has 0 spiro atoms. The Morgan fingerprint density at radius 2 is 2.04 bits per heavy atom. The van der Waals surface area contributed by atoms with Gasteiger partial charge in [-0.15, -0.1) is 24.0 Å². The molecule has 25 heavy (non-hydrogen) atoms. The topological polar surface area (TPSA) is 58.5 Å². The molecule has 2 atom stereocenters. The Hall–Kier alpha value is -0.890. The monoisotopic (exact) mass is 460 g/mol. The average Bonchev–Trinajstić information content (AvgIpc) is 2.58. The predicted molar refractivity (Wildman–Crippen MR) is 115 cm³/mol. The van der Waals surface area contributed by atoms with Crippen molar-refractivity contribution in [3.8, 4) is 0 Å². The van der Waals surface area contributed by atoms with Crippen LogP contribution in [0.2, 0.25) is 0 Å². The molecule has 1 fully saturated rings. The fourth-order valence-electron chi connectivity index (χ4n) is 3.82. The van der Waals surface area contributed by atoms with Crippen LogP contribution in [0.1, 0.15) is 51.4 Å². The molecule has 6 heteroatoms. The first-order valence-corrected chi connectivity index (χ1v) is 9.10. The van der Waals surface area contributed by atoms with Crippen molar-refractivity contribution in [3.63, 3.8) is 0 Å². The second kappa shape index (κ2) is 10.3. The van der Waals surface area contributed by atoms with E-state index in [-0.39, 0.29) is 29.4 Å². The van der Waals surface area contributed by atoms with E-state index in [0.29, 0.717) is 18.7 Å². The van der Waals surface area contributed by atoms with Crippen molar-refractivity contribution < 1.29 is 4.74 Å². The highest BCUT2D eigenvalue weighted by Gasteiger charge is 2.53. The SMILES string of the molecule is CCOC1CC(NC(=NC)NCc2cccc(C)n2)C1(CC)CC.I. The largest absolute Gasteiger partial charge is 0.378 e. The fourth-order valence-corrected chi connectivity index (χ4v) is 3.82. The number of nitrogens with zero attached hydrogens (tertiary/aromatic N) is 2. The number of aromatic nitrogens is 1. The van der Waals surface area contributed by atoms with Gasteiger partial charge in [0.05, 0.1) is 18.3 Å². The van der Waals surface area contributed by atoms with Crippen LogP contribution in [0.3, 0.4) is 0 Å². The molecule has 1 aromatic rings. The predicted octanol–water partition coefficient (Wildman–Crippen LogP) is 3.66. The molecule has 142 valence electrons. The maximum atomic E-state index is 5.95. The van der Waals surface area contributed by atoms with Gasteiger partial charge in [-0.3, -0.25) is 9.98 Å². The Morgan fingerprint density at radius 1 is 1.32 bits per heavy atom. The minimum absolute atomic E-state index is 0. The lowest BCUT2D eigenvalue weighted by Crippen LogP contribution is -2.65. The highest BCUT2D eigenvalue weighted by molar-refractivity contribution is 14.0. The summed E-state index contributed by atoms with van der Waals surface area (Å²) in [5.41, 5.74) is 2.26. The normalized spacial score (nSPS) is 21.9. The van der Waals surface area contributed by atoms with Crippen LogP contribution in [0.25, 0.3) is 0 Å². The van der Waals surface area contributed by atoms with E-state index in [1.165, 1.54) is 0 Å². The van der Waals surface area contributed by atoms with E-state index in [9.17, 15) is 0 Å². The molecule has 0 aromatic carbocycles. The van der Waals surface area contributed by atoms with Crippen LogP contribution < -0.4 is 10.6 Å². The zero-order chi connectivity index (χ0) is 17.6. The third-order valence-corrected chi connectivity index (χ3v) is 5.39. The number of aryl methyl sites for hydroxylation is 1. The summed E-state index contributed by atoms with van der Waals surface area (Å²) < 4.78 is 5.95. The lowest BCUT2D eigenvalue weighted by molar-refractivity contribution is -0.133. The Balaban J connectivity index is 0.00000312. The van der Waals surface area contributed by atoms with Crippen molar-refractivity contribution in [1.82, 2.24) is 15.6 Å². The van der Waals surface area contributed by atoms with E-state index in [1.807, 2.05) is 32.2 Å². The first-order chi connectivity index (χ1) is 11.6. The van der Waals surface area contributed by atoms with Crippen LogP contribution >= 0.6 is 24.0 Å². The van der Waals surface area contributed by atoms with Gasteiger partial charge in [0, 0.05) is 30.8 Å². The fraction of sp³-hybridized carbons (Fsp3) is 0.684. The number of halogens is 1. The second-order valence-corrected chi connectivity index (χ2v) is 6.51. The van der Waals surface area contributed by atoms with Crippen molar-refractivity contribution in [2.75, 3.05) is 13.7 Å². The lowest BCUT2D eigenvalue weighted by Gasteiger charge is -2.55. The van der Waals surface area contributed by atoms with E-state index in [2.05, 4.69) is 41.4 Å². The standard InChI is InChI=1S/C19H32N4O.HI/c1-6-19(7-2)16(12-17(19)24-8-3)23-18(20-5)21-13-15-11-9-10-14(4)22-15;/h9-11,16-17H,6-8,12-13H2,1-5H3,(H2,20,21,23);1H. The van der Waals surface area contributed by atoms with Gasteiger partial charge in [0.2, 0.25) is 0 Å². The molecule has 0 radical (unpaired) electrons. The van der Waals surface area contributed by atoms with Crippen molar-refractivity contribution in [3.05, 3.63) is 29.6 Å². The summed E-state index contributed by atoms with van der Waals surface area (Å²) in [6.07, 6.45) is 3.62. The summed E-state index contributed by atoms with van der Waals surface area (Å²) in [6, 6.07) is 6.48. The number of ether oxygens (including phenoxy) is 1. The molecule has 0 saturated heterocycles. The molecule has 2 unspecified atom stereocenters. The van der Waals surface area contributed by atoms with E-state index in [1.54, 1.807) is 0 Å². The minimum Gasteiger partial charge on any atom is -0.378 e. The van der Waals surface area contributed by atoms with Crippen LogP contribution in [0, 0.1) is 12.3 Å². The van der Waals surface area contributed by atoms with Gasteiger partial charge in [-0.05, 0) is 45.2 Å². The maximum absolute atomic E-state index is 5.95. The smallest absolute Gasteiger partial charge is 0.191 e. The van der Waals surface area contributed by atoms with Crippen LogP contribution in [-0.4, -0.2) is 36.7 Å². The van der Waals surface area contributed by atoms with Crippen molar-refractivity contribution in [2.24, 2.45) is 10.4 Å². The van der Waals surface area contributed by atoms with Gasteiger partial charge >= 0.3 is 0 Å². The molecule has 0 aliphatic heterocycles. The summed E-state index contributed by atoms with van der Waals surface area (Å²) in [5, 5.41) is 6.98. The molecule has 1 aliphatic carbocycles. The van der Waals surface area contributed by atoms with E-state index in [0.717, 1.165) is 43.2 Å². The van der Waals surface area contributed by atoms with Gasteiger partial charge in [-0.2, -0.15) is 0 Å². The van der Waals surface area contributed by atoms with Crippen molar-refractivity contribution >= 4 is 29.9 Å². The number of guanidine groups is 1. The van der Waals surface area contributed by atoms with Gasteiger partial charge in [-0.1, -0.05) is 19.9 Å². The first-order valence-electron chi connectivity index (χ1n) is 9.10. The molecule has 0 bridgehead atoms. The molecule has 1 saturated carbocycles. The molecule has 2 N–H and O–H groups in total. The Morgan fingerprint density at radius 3 is 2.60 bits per heavy atom. The number of nitrogens with one attached hydrogen (secondary N) is 2. The summed E-state index contributed by atoms with van der Waals surface area (Å²) in [6.45, 7) is 10.1. The lowest BCUT2D eigenvalue weighted by atomic mass is 9.58. The van der Waals surface area contributed by atoms with Gasteiger partial charge in [0.1, 0.15) is 0 Å². The third kappa shape index (κ3) is 5.06. The number of hydrogen-bond donors (Lipinski definition) is 2. The second-order valence-electron chi connectivity index (χ2n) is 6.51. The molecule has 1 heterocycles. The van der Waals surface area contributed by atoms with Gasteiger partial charge < -0.3 is 15.4 Å². The number of aliphatic imine (C=N–C) groups is 1. The van der Waals surface area contributed by atoms with E-state index in [4.69, 9.17) is 4.74 Å². The molecule has 2 rings (SSSR count). The van der Waals surface area contributed by atoms with Crippen molar-refractivity contribution in [1.29, 1.82) is 0 Å². The molecule has 0 amide bonds. The van der Waals surface area contributed by atoms with Crippen LogP contribution in [0.4, 0.5) is 0 Å². The molecule has 1 aromatic heterocycles. The molecule has 5 nitrogen and oxygen atoms in total. The molecular weight excluding hydrogens is 427 g/mol. The van der Waals surface area contributed by atoms with E-state index >= 15 is 0 Å². The van der Waals surface area contributed by atoms with Crippen molar-refractivity contribution in [2.45, 2.75) is 65.6 Å². The highest BCUT2D eigenvalue weighted by atomic mass is 127. The van der Waals surface area contributed by atoms with Crippen LogP contribution in [0.15, 0.2) is 23.2 Å². The Bertz CT molecular complexity index is 560. The number of rotatable bonds is 7. The molecular formula is C19H33IN4O. The summed E-state index contributed by atoms with van der Waals surface area (Å²) in [5.74, 6) is 0.838. The van der Waals surface area contributed by atoms with E-state index < -0.39 is 0 Å². The summed E-state index contributed by atoms with van der Waals surface area (Å²) >= 11 is 0. The molecule has 1 aliphatic rings. The zero-order valence-corrected chi connectivity index (χ0v) is 18.5. The van der Waals surface area contributed by atoms with Gasteiger partial charge in [-0.25, -0.2) is 0 Å². The third-order valence-electron chi connectivity index (χ3n) is 5.39. The Labute approximate surface area is 169 Å². The quantitative estimate of drug-likeness (QED) is 0.371. The Kier molecular flexibility index (Phi) is 9.13. The highest BCUT2D eigenvalue weighted by Crippen LogP contribution is 2.48. The van der Waals surface area contributed by atoms with Gasteiger partial charge in [0.25, 0.3) is 0 Å². The zero-order valence-electron chi connectivity index (χ0n) is 16.1. The maximum Gasteiger partial charge on any atom is 0.191 e. The number of hydrogen-bond acceptors (Lipinski definition) is 3. The van der Waals surface area contributed by atoms with Crippen LogP contribution in [-0.2, 0) is 11.3 Å². The number of pyridine rings is 1. The average molecular weight is 460 g/mol. The minimum atomic E-state index is 0. The van der Waals surface area contributed by atoms with Crippen LogP contribution in [0.5, 0.6) is 0 Å². The summed E-state index contributed by atoms with van der Waals surface area (Å²) in [7, 11) is 1.82. The first kappa shape index (κ1) is 22.2. The van der Waals surface area contributed by atoms with Gasteiger partial charge in [0.15, 0.2) is 5.96 Å². The summed E-state index contributed by atoms with van der Waals surface area (Å²) in [4.78, 5) is 8.90.